The third-order valence-corrected chi connectivity index (χ3v) is 3.16. The minimum absolute atomic E-state index is 0.0824. The molecule has 0 aliphatic rings. The van der Waals surface area contributed by atoms with Gasteiger partial charge in [-0.1, -0.05) is 0 Å². The number of aryl methyl sites for hydroxylation is 1. The number of hydrogen-bond donors (Lipinski definition) is 3. The summed E-state index contributed by atoms with van der Waals surface area (Å²) in [5, 5.41) is 11.4. The molecule has 0 saturated heterocycles. The second-order valence-corrected chi connectivity index (χ2v) is 5.03. The van der Waals surface area contributed by atoms with E-state index in [9.17, 15) is 14.4 Å². The van der Waals surface area contributed by atoms with Gasteiger partial charge in [0.25, 0.3) is 5.91 Å². The monoisotopic (exact) mass is 284 g/mol. The normalized spacial score (nSPS) is 11.9. The Hall–Kier alpha value is -1.76. The molecule has 104 valence electrons. The summed E-state index contributed by atoms with van der Waals surface area (Å²) in [6, 6.07) is 0.313. The third-order valence-electron chi connectivity index (χ3n) is 2.52. The summed E-state index contributed by atoms with van der Waals surface area (Å²) < 4.78 is 0. The maximum Gasteiger partial charge on any atom is 0.326 e. The fraction of sp³-hybridized carbons (Fsp3) is 0.417. The summed E-state index contributed by atoms with van der Waals surface area (Å²) in [7, 11) is 0. The smallest absolute Gasteiger partial charge is 0.326 e. The summed E-state index contributed by atoms with van der Waals surface area (Å²) in [6.07, 6.45) is 3.46. The fourth-order valence-electron chi connectivity index (χ4n) is 1.48. The van der Waals surface area contributed by atoms with Gasteiger partial charge in [-0.25, -0.2) is 4.79 Å². The van der Waals surface area contributed by atoms with E-state index in [4.69, 9.17) is 5.11 Å². The van der Waals surface area contributed by atoms with Crippen LogP contribution in [0.2, 0.25) is 0 Å². The number of aromatic nitrogens is 1. The maximum absolute atomic E-state index is 11.9. The van der Waals surface area contributed by atoms with Crippen molar-refractivity contribution in [3.63, 3.8) is 0 Å². The summed E-state index contributed by atoms with van der Waals surface area (Å²) in [5.74, 6) is -1.16. The number of hydrogen-bond acceptors (Lipinski definition) is 4. The largest absolute Gasteiger partial charge is 0.480 e. The number of aliphatic carboxylic acids is 1. The molecule has 0 unspecified atom stereocenters. The van der Waals surface area contributed by atoms with Gasteiger partial charge < -0.3 is 15.4 Å². The molecule has 1 amide bonds. The average Bonchev–Trinajstić information content (AvgIpc) is 2.33. The van der Waals surface area contributed by atoms with Crippen molar-refractivity contribution in [1.82, 2.24) is 10.3 Å². The number of H-pyrrole nitrogens is 1. The minimum atomic E-state index is -1.11. The van der Waals surface area contributed by atoms with Crippen LogP contribution in [0, 0.1) is 6.92 Å². The molecule has 3 N–H and O–H groups in total. The molecule has 0 saturated carbocycles. The lowest BCUT2D eigenvalue weighted by molar-refractivity contribution is -0.139. The average molecular weight is 284 g/mol. The Morgan fingerprint density at radius 3 is 2.74 bits per heavy atom. The van der Waals surface area contributed by atoms with Crippen LogP contribution in [0.4, 0.5) is 0 Å². The molecule has 0 radical (unpaired) electrons. The van der Waals surface area contributed by atoms with Crippen molar-refractivity contribution in [3.05, 3.63) is 33.7 Å². The third kappa shape index (κ3) is 4.44. The number of amides is 1. The molecule has 0 aromatic carbocycles. The fourth-order valence-corrected chi connectivity index (χ4v) is 1.95. The van der Waals surface area contributed by atoms with Crippen LogP contribution in [-0.2, 0) is 4.79 Å². The molecule has 6 nitrogen and oxygen atoms in total. The standard InChI is InChI=1S/C12H16N2O4S/c1-7-5-10(15)8(6-13-7)11(16)14-9(12(17)18)3-4-19-2/h5-6,9H,3-4H2,1-2H3,(H,13,15)(H,14,16)(H,17,18)/t9-/m1/s1. The quantitative estimate of drug-likeness (QED) is 0.711. The number of pyridine rings is 1. The van der Waals surface area contributed by atoms with Gasteiger partial charge in [0.15, 0.2) is 5.43 Å². The van der Waals surface area contributed by atoms with E-state index >= 15 is 0 Å². The zero-order valence-electron chi connectivity index (χ0n) is 10.7. The summed E-state index contributed by atoms with van der Waals surface area (Å²) in [4.78, 5) is 37.2. The number of nitrogens with one attached hydrogen (secondary N) is 2. The molecule has 0 bridgehead atoms. The first kappa shape index (κ1) is 15.3. The molecule has 1 aromatic rings. The number of aromatic amines is 1. The van der Waals surface area contributed by atoms with E-state index in [-0.39, 0.29) is 5.56 Å². The van der Waals surface area contributed by atoms with Crippen LogP contribution in [-0.4, -0.2) is 40.0 Å². The van der Waals surface area contributed by atoms with Gasteiger partial charge in [-0.05, 0) is 25.4 Å². The number of thioether (sulfide) groups is 1. The van der Waals surface area contributed by atoms with Crippen molar-refractivity contribution in [2.45, 2.75) is 19.4 Å². The molecular formula is C12H16N2O4S. The van der Waals surface area contributed by atoms with E-state index in [1.807, 2.05) is 6.26 Å². The SMILES string of the molecule is CSCC[C@@H](NC(=O)c1c[nH]c(C)cc1=O)C(=O)O. The van der Waals surface area contributed by atoms with Crippen molar-refractivity contribution in [3.8, 4) is 0 Å². The molecule has 0 fully saturated rings. The van der Waals surface area contributed by atoms with E-state index in [0.717, 1.165) is 0 Å². The van der Waals surface area contributed by atoms with Crippen molar-refractivity contribution in [2.24, 2.45) is 0 Å². The Balaban J connectivity index is 2.81. The van der Waals surface area contributed by atoms with Crippen LogP contribution in [0.5, 0.6) is 0 Å². The lowest BCUT2D eigenvalue weighted by atomic mass is 10.2. The van der Waals surface area contributed by atoms with E-state index in [2.05, 4.69) is 10.3 Å². The highest BCUT2D eigenvalue weighted by Crippen LogP contribution is 2.02. The van der Waals surface area contributed by atoms with Crippen LogP contribution in [0.25, 0.3) is 0 Å². The van der Waals surface area contributed by atoms with Gasteiger partial charge in [-0.3, -0.25) is 9.59 Å². The van der Waals surface area contributed by atoms with Crippen molar-refractivity contribution >= 4 is 23.6 Å². The van der Waals surface area contributed by atoms with E-state index in [1.165, 1.54) is 24.0 Å². The van der Waals surface area contributed by atoms with Gasteiger partial charge in [0, 0.05) is 18.0 Å². The lowest BCUT2D eigenvalue weighted by Gasteiger charge is -2.13. The Morgan fingerprint density at radius 2 is 2.21 bits per heavy atom. The van der Waals surface area contributed by atoms with Crippen LogP contribution in [0.3, 0.4) is 0 Å². The number of rotatable bonds is 6. The highest BCUT2D eigenvalue weighted by molar-refractivity contribution is 7.98. The van der Waals surface area contributed by atoms with Gasteiger partial charge in [0.1, 0.15) is 11.6 Å². The first-order valence-corrected chi connectivity index (χ1v) is 7.07. The second-order valence-electron chi connectivity index (χ2n) is 4.04. The molecule has 1 rings (SSSR count). The van der Waals surface area contributed by atoms with E-state index in [0.29, 0.717) is 17.9 Å². The topological polar surface area (TPSA) is 99.3 Å². The van der Waals surface area contributed by atoms with Crippen molar-refractivity contribution < 1.29 is 14.7 Å². The van der Waals surface area contributed by atoms with Crippen LogP contribution in [0.15, 0.2) is 17.1 Å². The molecule has 1 atom stereocenters. The minimum Gasteiger partial charge on any atom is -0.480 e. The predicted molar refractivity (Wildman–Crippen MR) is 73.7 cm³/mol. The second kappa shape index (κ2) is 6.98. The van der Waals surface area contributed by atoms with Crippen LogP contribution >= 0.6 is 11.8 Å². The Morgan fingerprint density at radius 1 is 1.53 bits per heavy atom. The Kier molecular flexibility index (Phi) is 5.62. The first-order chi connectivity index (χ1) is 8.95. The van der Waals surface area contributed by atoms with Crippen molar-refractivity contribution in [2.75, 3.05) is 12.0 Å². The lowest BCUT2D eigenvalue weighted by Crippen LogP contribution is -2.42. The van der Waals surface area contributed by atoms with Crippen LogP contribution in [0.1, 0.15) is 22.5 Å². The summed E-state index contributed by atoms with van der Waals surface area (Å²) >= 11 is 1.49. The molecule has 7 heteroatoms. The zero-order chi connectivity index (χ0) is 14.4. The Bertz CT molecular complexity index is 527. The summed E-state index contributed by atoms with van der Waals surface area (Å²) in [5.41, 5.74) is 0.127. The molecule has 1 heterocycles. The zero-order valence-corrected chi connectivity index (χ0v) is 11.5. The van der Waals surface area contributed by atoms with Gasteiger partial charge in [-0.15, -0.1) is 0 Å². The number of carboxylic acid groups (broad SMARTS) is 1. The van der Waals surface area contributed by atoms with Gasteiger partial charge >= 0.3 is 5.97 Å². The molecule has 1 aromatic heterocycles. The summed E-state index contributed by atoms with van der Waals surface area (Å²) in [6.45, 7) is 1.70. The highest BCUT2D eigenvalue weighted by Gasteiger charge is 2.21. The predicted octanol–water partition coefficient (Wildman–Crippen LogP) is 0.619. The number of carboxylic acids is 1. The molecule has 0 aliphatic heterocycles. The number of carbonyl (C=O) groups is 2. The maximum atomic E-state index is 11.9. The van der Waals surface area contributed by atoms with Gasteiger partial charge in [0.05, 0.1) is 0 Å². The molecule has 0 aliphatic carbocycles. The van der Waals surface area contributed by atoms with Crippen molar-refractivity contribution in [1.29, 1.82) is 0 Å². The van der Waals surface area contributed by atoms with Gasteiger partial charge in [-0.2, -0.15) is 11.8 Å². The van der Waals surface area contributed by atoms with Gasteiger partial charge in [0.2, 0.25) is 0 Å². The molecule has 19 heavy (non-hydrogen) atoms. The van der Waals surface area contributed by atoms with E-state index in [1.54, 1.807) is 6.92 Å². The molecule has 0 spiro atoms. The molecular weight excluding hydrogens is 268 g/mol. The highest BCUT2D eigenvalue weighted by atomic mass is 32.2. The van der Waals surface area contributed by atoms with Crippen LogP contribution < -0.4 is 10.7 Å². The van der Waals surface area contributed by atoms with E-state index < -0.39 is 23.3 Å². The first-order valence-electron chi connectivity index (χ1n) is 5.67. The number of carbonyl (C=O) groups excluding carboxylic acids is 1. The Labute approximate surface area is 114 Å².